The third-order valence-corrected chi connectivity index (χ3v) is 1.46. The van der Waals surface area contributed by atoms with E-state index >= 15 is 0 Å². The molecule has 0 rings (SSSR count). The summed E-state index contributed by atoms with van der Waals surface area (Å²) in [6.07, 6.45) is 8.49. The van der Waals surface area contributed by atoms with E-state index in [0.717, 1.165) is 0 Å². The summed E-state index contributed by atoms with van der Waals surface area (Å²) in [5, 5.41) is 0. The van der Waals surface area contributed by atoms with Crippen LogP contribution in [-0.4, -0.2) is 7.05 Å². The molecule has 2 N–H and O–H groups in total. The monoisotopic (exact) mass is 179 g/mol. The fraction of sp³-hybridized carbons (Fsp3) is 1.00. The molecule has 0 unspecified atom stereocenters. The molecule has 11 heavy (non-hydrogen) atoms. The highest BCUT2D eigenvalue weighted by atomic mass is 32.1. The Morgan fingerprint density at radius 2 is 1.00 bits per heavy atom. The average molecular weight is 179 g/mol. The molecule has 0 aromatic heterocycles. The topological polar surface area (TPSA) is 26.0 Å². The van der Waals surface area contributed by atoms with Crippen molar-refractivity contribution >= 4 is 13.5 Å². The molecule has 0 bridgehead atoms. The van der Waals surface area contributed by atoms with Gasteiger partial charge in [0.1, 0.15) is 0 Å². The predicted octanol–water partition coefficient (Wildman–Crippen LogP) is 3.05. The standard InChI is InChI=1S/C8H18.CH5N.H2S/c1-3-5-7-8-6-4-2;1-2;/h3-8H2,1-2H3;2H2,1H3;1H2. The second-order valence-electron chi connectivity index (χ2n) is 2.41. The van der Waals surface area contributed by atoms with Crippen molar-refractivity contribution in [1.29, 1.82) is 0 Å². The molecule has 72 valence electrons. The number of unbranched alkanes of at least 4 members (excludes halogenated alkanes) is 5. The summed E-state index contributed by atoms with van der Waals surface area (Å²) in [6.45, 7) is 4.51. The van der Waals surface area contributed by atoms with E-state index in [1.165, 1.54) is 45.6 Å². The van der Waals surface area contributed by atoms with Gasteiger partial charge in [0.15, 0.2) is 0 Å². The van der Waals surface area contributed by atoms with Crippen LogP contribution < -0.4 is 5.73 Å². The minimum atomic E-state index is 0. The van der Waals surface area contributed by atoms with Gasteiger partial charge < -0.3 is 5.73 Å². The van der Waals surface area contributed by atoms with Crippen LogP contribution in [0.5, 0.6) is 0 Å². The lowest BCUT2D eigenvalue weighted by atomic mass is 10.1. The molecule has 0 fully saturated rings. The van der Waals surface area contributed by atoms with Crippen LogP contribution in [0.4, 0.5) is 0 Å². The van der Waals surface area contributed by atoms with E-state index in [2.05, 4.69) is 19.6 Å². The first-order valence-electron chi connectivity index (χ1n) is 4.49. The maximum Gasteiger partial charge on any atom is -0.0195 e. The lowest BCUT2D eigenvalue weighted by Crippen LogP contribution is -1.73. The summed E-state index contributed by atoms with van der Waals surface area (Å²) in [6, 6.07) is 0. The first kappa shape index (κ1) is 17.4. The minimum absolute atomic E-state index is 0. The van der Waals surface area contributed by atoms with E-state index < -0.39 is 0 Å². The van der Waals surface area contributed by atoms with E-state index in [0.29, 0.717) is 0 Å². The molecule has 0 aliphatic carbocycles. The molecule has 0 saturated heterocycles. The van der Waals surface area contributed by atoms with Gasteiger partial charge in [-0.05, 0) is 7.05 Å². The zero-order valence-electron chi connectivity index (χ0n) is 8.32. The van der Waals surface area contributed by atoms with Gasteiger partial charge in [0.2, 0.25) is 0 Å². The van der Waals surface area contributed by atoms with Gasteiger partial charge >= 0.3 is 0 Å². The van der Waals surface area contributed by atoms with E-state index in [4.69, 9.17) is 0 Å². The Hall–Kier alpha value is 0.310. The Morgan fingerprint density at radius 1 is 0.727 bits per heavy atom. The second kappa shape index (κ2) is 22.4. The van der Waals surface area contributed by atoms with Crippen molar-refractivity contribution in [2.45, 2.75) is 52.4 Å². The van der Waals surface area contributed by atoms with Crippen LogP contribution in [0, 0.1) is 0 Å². The highest BCUT2D eigenvalue weighted by molar-refractivity contribution is 7.59. The molecule has 0 aromatic rings. The van der Waals surface area contributed by atoms with Gasteiger partial charge in [0, 0.05) is 0 Å². The van der Waals surface area contributed by atoms with E-state index in [1.807, 2.05) is 0 Å². The second-order valence-corrected chi connectivity index (χ2v) is 2.41. The van der Waals surface area contributed by atoms with Crippen molar-refractivity contribution in [3.63, 3.8) is 0 Å². The number of hydrogen-bond acceptors (Lipinski definition) is 1. The van der Waals surface area contributed by atoms with Crippen molar-refractivity contribution < 1.29 is 0 Å². The Labute approximate surface area is 79.2 Å². The Bertz CT molecular complexity index is 34.5. The molecule has 0 radical (unpaired) electrons. The van der Waals surface area contributed by atoms with Crippen molar-refractivity contribution in [3.05, 3.63) is 0 Å². The van der Waals surface area contributed by atoms with Crippen LogP contribution >= 0.6 is 13.5 Å². The van der Waals surface area contributed by atoms with Crippen LogP contribution in [-0.2, 0) is 0 Å². The number of nitrogens with two attached hydrogens (primary N) is 1. The smallest absolute Gasteiger partial charge is 0.0195 e. The highest BCUT2D eigenvalue weighted by Crippen LogP contribution is 2.03. The van der Waals surface area contributed by atoms with Crippen LogP contribution in [0.25, 0.3) is 0 Å². The van der Waals surface area contributed by atoms with E-state index in [1.54, 1.807) is 0 Å². The molecule has 0 aliphatic rings. The van der Waals surface area contributed by atoms with Crippen molar-refractivity contribution in [1.82, 2.24) is 0 Å². The predicted molar refractivity (Wildman–Crippen MR) is 59.5 cm³/mol. The lowest BCUT2D eigenvalue weighted by molar-refractivity contribution is 0.624. The summed E-state index contributed by atoms with van der Waals surface area (Å²) in [5.41, 5.74) is 4.50. The quantitative estimate of drug-likeness (QED) is 0.645. The largest absolute Gasteiger partial charge is 0.333 e. The van der Waals surface area contributed by atoms with Gasteiger partial charge in [-0.25, -0.2) is 0 Å². The zero-order valence-corrected chi connectivity index (χ0v) is 9.32. The summed E-state index contributed by atoms with van der Waals surface area (Å²) >= 11 is 0. The van der Waals surface area contributed by atoms with Gasteiger partial charge in [-0.2, -0.15) is 13.5 Å². The van der Waals surface area contributed by atoms with Gasteiger partial charge in [0.25, 0.3) is 0 Å². The third kappa shape index (κ3) is 25.3. The SMILES string of the molecule is CCCCCCCC.CN.S. The summed E-state index contributed by atoms with van der Waals surface area (Å²) in [5.74, 6) is 0. The van der Waals surface area contributed by atoms with Crippen LogP contribution in [0.3, 0.4) is 0 Å². The molecule has 1 nitrogen and oxygen atoms in total. The van der Waals surface area contributed by atoms with Crippen LogP contribution in [0.15, 0.2) is 0 Å². The van der Waals surface area contributed by atoms with Gasteiger partial charge in [-0.15, -0.1) is 0 Å². The summed E-state index contributed by atoms with van der Waals surface area (Å²) in [4.78, 5) is 0. The maximum atomic E-state index is 4.50. The molecular weight excluding hydrogens is 154 g/mol. The van der Waals surface area contributed by atoms with Gasteiger partial charge in [-0.1, -0.05) is 52.4 Å². The fourth-order valence-electron chi connectivity index (χ4n) is 0.854. The summed E-state index contributed by atoms with van der Waals surface area (Å²) < 4.78 is 0. The molecule has 0 aromatic carbocycles. The van der Waals surface area contributed by atoms with E-state index in [-0.39, 0.29) is 13.5 Å². The maximum absolute atomic E-state index is 4.50. The molecule has 0 heterocycles. The van der Waals surface area contributed by atoms with Crippen LogP contribution in [0.2, 0.25) is 0 Å². The van der Waals surface area contributed by atoms with Crippen molar-refractivity contribution in [2.75, 3.05) is 7.05 Å². The molecule has 0 saturated carbocycles. The lowest BCUT2D eigenvalue weighted by Gasteiger charge is -1.93. The normalized spacial score (nSPS) is 7.64. The minimum Gasteiger partial charge on any atom is -0.333 e. The fourth-order valence-corrected chi connectivity index (χ4v) is 0.854. The highest BCUT2D eigenvalue weighted by Gasteiger charge is 1.83. The summed E-state index contributed by atoms with van der Waals surface area (Å²) in [7, 11) is 1.50. The number of hydrogen-bond donors (Lipinski definition) is 1. The van der Waals surface area contributed by atoms with Crippen LogP contribution in [0.1, 0.15) is 52.4 Å². The third-order valence-electron chi connectivity index (χ3n) is 1.46. The average Bonchev–Trinajstić information content (AvgIpc) is 2.02. The zero-order chi connectivity index (χ0) is 8.24. The molecule has 0 spiro atoms. The van der Waals surface area contributed by atoms with Crippen molar-refractivity contribution in [3.8, 4) is 0 Å². The van der Waals surface area contributed by atoms with E-state index in [9.17, 15) is 0 Å². The van der Waals surface area contributed by atoms with Gasteiger partial charge in [-0.3, -0.25) is 0 Å². The Morgan fingerprint density at radius 3 is 1.18 bits per heavy atom. The first-order valence-corrected chi connectivity index (χ1v) is 4.49. The molecular formula is C9H25NS. The number of rotatable bonds is 5. The van der Waals surface area contributed by atoms with Gasteiger partial charge in [0.05, 0.1) is 0 Å². The molecule has 2 heteroatoms. The molecule has 0 amide bonds. The molecule has 0 atom stereocenters. The van der Waals surface area contributed by atoms with Crippen molar-refractivity contribution in [2.24, 2.45) is 5.73 Å². The Kier molecular flexibility index (Phi) is 35.5. The molecule has 0 aliphatic heterocycles. The Balaban J connectivity index is -0.000000196. The first-order chi connectivity index (χ1) is 4.91.